The van der Waals surface area contributed by atoms with Gasteiger partial charge in [0.05, 0.1) is 13.7 Å². The smallest absolute Gasteiger partial charge is 0.124 e. The highest BCUT2D eigenvalue weighted by molar-refractivity contribution is 5.48. The summed E-state index contributed by atoms with van der Waals surface area (Å²) < 4.78 is 10.7. The van der Waals surface area contributed by atoms with Crippen molar-refractivity contribution in [3.63, 3.8) is 0 Å². The zero-order chi connectivity index (χ0) is 18.5. The maximum atomic E-state index is 5.42. The lowest BCUT2D eigenvalue weighted by Crippen LogP contribution is -2.46. The lowest BCUT2D eigenvalue weighted by Gasteiger charge is -2.36. The topological polar surface area (TPSA) is 37.8 Å². The molecule has 140 valence electrons. The fourth-order valence-electron chi connectivity index (χ4n) is 3.62. The largest absolute Gasteiger partial charge is 0.496 e. The molecule has 26 heavy (non-hydrogen) atoms. The highest BCUT2D eigenvalue weighted by Gasteiger charge is 2.18. The van der Waals surface area contributed by atoms with E-state index in [1.165, 1.54) is 11.3 Å². The summed E-state index contributed by atoms with van der Waals surface area (Å²) in [5, 5.41) is 0. The molecule has 1 aromatic heterocycles. The van der Waals surface area contributed by atoms with E-state index in [0.717, 1.165) is 55.4 Å². The van der Waals surface area contributed by atoms with Crippen molar-refractivity contribution >= 4 is 5.69 Å². The van der Waals surface area contributed by atoms with Crippen molar-refractivity contribution in [2.75, 3.05) is 45.3 Å². The van der Waals surface area contributed by atoms with E-state index >= 15 is 0 Å². The Labute approximate surface area is 156 Å². The molecule has 1 aromatic carbocycles. The van der Waals surface area contributed by atoms with Crippen molar-refractivity contribution in [2.45, 2.75) is 27.0 Å². The SMILES string of the molecule is COCc1cc(CN2CCN(c3cc(C)nc(C)c3)CC2)ccc1OC. The zero-order valence-electron chi connectivity index (χ0n) is 16.3. The Morgan fingerprint density at radius 1 is 0.962 bits per heavy atom. The van der Waals surface area contributed by atoms with E-state index in [0.29, 0.717) is 6.61 Å². The van der Waals surface area contributed by atoms with Gasteiger partial charge >= 0.3 is 0 Å². The van der Waals surface area contributed by atoms with Crippen LogP contribution in [-0.2, 0) is 17.9 Å². The number of hydrogen-bond acceptors (Lipinski definition) is 5. The standard InChI is InChI=1S/C21H29N3O2/c1-16-11-20(12-17(2)22-16)24-9-7-23(8-10-24)14-18-5-6-21(26-4)19(13-18)15-25-3/h5-6,11-13H,7-10,14-15H2,1-4H3. The van der Waals surface area contributed by atoms with E-state index in [-0.39, 0.29) is 0 Å². The van der Waals surface area contributed by atoms with Crippen LogP contribution >= 0.6 is 0 Å². The minimum atomic E-state index is 0.575. The molecular weight excluding hydrogens is 326 g/mol. The predicted octanol–water partition coefficient (Wildman–Crippen LogP) is 3.18. The van der Waals surface area contributed by atoms with E-state index < -0.39 is 0 Å². The predicted molar refractivity (Wildman–Crippen MR) is 105 cm³/mol. The number of hydrogen-bond donors (Lipinski definition) is 0. The van der Waals surface area contributed by atoms with Gasteiger partial charge in [-0.05, 0) is 43.7 Å². The van der Waals surface area contributed by atoms with Crippen LogP contribution in [0.4, 0.5) is 5.69 Å². The molecule has 0 unspecified atom stereocenters. The fourth-order valence-corrected chi connectivity index (χ4v) is 3.62. The number of rotatable bonds is 6. The van der Waals surface area contributed by atoms with Gasteiger partial charge in [0.15, 0.2) is 0 Å². The molecule has 0 radical (unpaired) electrons. The average Bonchev–Trinajstić information content (AvgIpc) is 2.62. The van der Waals surface area contributed by atoms with E-state index in [2.05, 4.69) is 52.9 Å². The van der Waals surface area contributed by atoms with Crippen molar-refractivity contribution in [3.05, 3.63) is 52.8 Å². The molecule has 0 amide bonds. The number of nitrogens with zero attached hydrogens (tertiary/aromatic N) is 3. The molecule has 0 aliphatic carbocycles. The summed E-state index contributed by atoms with van der Waals surface area (Å²) in [6.45, 7) is 9.88. The van der Waals surface area contributed by atoms with Gasteiger partial charge < -0.3 is 14.4 Å². The molecule has 2 aromatic rings. The third kappa shape index (κ3) is 4.54. The van der Waals surface area contributed by atoms with Crippen LogP contribution < -0.4 is 9.64 Å². The van der Waals surface area contributed by atoms with Crippen LogP contribution in [0.1, 0.15) is 22.5 Å². The first kappa shape index (κ1) is 18.7. The Morgan fingerprint density at radius 2 is 1.65 bits per heavy atom. The minimum Gasteiger partial charge on any atom is -0.496 e. The van der Waals surface area contributed by atoms with Gasteiger partial charge in [0.1, 0.15) is 5.75 Å². The van der Waals surface area contributed by atoms with Crippen LogP contribution in [0.2, 0.25) is 0 Å². The van der Waals surface area contributed by atoms with Gasteiger partial charge in [-0.1, -0.05) is 6.07 Å². The van der Waals surface area contributed by atoms with E-state index in [1.807, 2.05) is 6.07 Å². The third-order valence-corrected chi connectivity index (χ3v) is 4.85. The summed E-state index contributed by atoms with van der Waals surface area (Å²) in [7, 11) is 3.42. The molecule has 0 atom stereocenters. The first-order valence-corrected chi connectivity index (χ1v) is 9.16. The van der Waals surface area contributed by atoms with Gasteiger partial charge in [-0.3, -0.25) is 9.88 Å². The maximum Gasteiger partial charge on any atom is 0.124 e. The normalized spacial score (nSPS) is 15.3. The summed E-state index contributed by atoms with van der Waals surface area (Å²) in [6.07, 6.45) is 0. The summed E-state index contributed by atoms with van der Waals surface area (Å²) in [5.41, 5.74) is 5.88. The second-order valence-corrected chi connectivity index (χ2v) is 6.95. The first-order valence-electron chi connectivity index (χ1n) is 9.16. The van der Waals surface area contributed by atoms with Gasteiger partial charge in [0.25, 0.3) is 0 Å². The summed E-state index contributed by atoms with van der Waals surface area (Å²) >= 11 is 0. The van der Waals surface area contributed by atoms with E-state index in [9.17, 15) is 0 Å². The Balaban J connectivity index is 1.61. The Hall–Kier alpha value is -2.11. The van der Waals surface area contributed by atoms with Gasteiger partial charge in [-0.25, -0.2) is 0 Å². The molecular formula is C21H29N3O2. The number of methoxy groups -OCH3 is 2. The Bertz CT molecular complexity index is 720. The van der Waals surface area contributed by atoms with Gasteiger partial charge in [0.2, 0.25) is 0 Å². The number of benzene rings is 1. The van der Waals surface area contributed by atoms with Crippen LogP contribution in [0.25, 0.3) is 0 Å². The lowest BCUT2D eigenvalue weighted by atomic mass is 10.1. The maximum absolute atomic E-state index is 5.42. The molecule has 5 heteroatoms. The molecule has 0 spiro atoms. The molecule has 2 heterocycles. The van der Waals surface area contributed by atoms with Crippen LogP contribution in [0.15, 0.2) is 30.3 Å². The highest BCUT2D eigenvalue weighted by Crippen LogP contribution is 2.23. The van der Waals surface area contributed by atoms with Gasteiger partial charge in [-0.2, -0.15) is 0 Å². The van der Waals surface area contributed by atoms with Crippen LogP contribution in [-0.4, -0.2) is 50.3 Å². The van der Waals surface area contributed by atoms with Crippen molar-refractivity contribution in [2.24, 2.45) is 0 Å². The first-order chi connectivity index (χ1) is 12.6. The van der Waals surface area contributed by atoms with Crippen molar-refractivity contribution in [1.82, 2.24) is 9.88 Å². The van der Waals surface area contributed by atoms with Gasteiger partial charge in [-0.15, -0.1) is 0 Å². The molecule has 1 fully saturated rings. The molecule has 1 saturated heterocycles. The summed E-state index contributed by atoms with van der Waals surface area (Å²) in [4.78, 5) is 9.45. The van der Waals surface area contributed by atoms with Gasteiger partial charge in [0, 0.05) is 62.5 Å². The van der Waals surface area contributed by atoms with Crippen molar-refractivity contribution in [3.8, 4) is 5.75 Å². The van der Waals surface area contributed by atoms with Crippen LogP contribution in [0.5, 0.6) is 5.75 Å². The van der Waals surface area contributed by atoms with Crippen molar-refractivity contribution < 1.29 is 9.47 Å². The number of aryl methyl sites for hydroxylation is 2. The Morgan fingerprint density at radius 3 is 2.27 bits per heavy atom. The molecule has 5 nitrogen and oxygen atoms in total. The zero-order valence-corrected chi connectivity index (χ0v) is 16.3. The number of anilines is 1. The number of ether oxygens (including phenoxy) is 2. The quantitative estimate of drug-likeness (QED) is 0.796. The van der Waals surface area contributed by atoms with Crippen molar-refractivity contribution in [1.29, 1.82) is 0 Å². The monoisotopic (exact) mass is 355 g/mol. The third-order valence-electron chi connectivity index (χ3n) is 4.85. The summed E-state index contributed by atoms with van der Waals surface area (Å²) in [5.74, 6) is 0.892. The number of piperazine rings is 1. The molecule has 1 aliphatic rings. The average molecular weight is 355 g/mol. The molecule has 3 rings (SSSR count). The fraction of sp³-hybridized carbons (Fsp3) is 0.476. The second kappa shape index (κ2) is 8.52. The molecule has 0 bridgehead atoms. The number of pyridine rings is 1. The van der Waals surface area contributed by atoms with Crippen LogP contribution in [0, 0.1) is 13.8 Å². The highest BCUT2D eigenvalue weighted by atomic mass is 16.5. The minimum absolute atomic E-state index is 0.575. The molecule has 0 N–H and O–H groups in total. The van der Waals surface area contributed by atoms with E-state index in [1.54, 1.807) is 14.2 Å². The number of aromatic nitrogens is 1. The van der Waals surface area contributed by atoms with E-state index in [4.69, 9.17) is 9.47 Å². The second-order valence-electron chi connectivity index (χ2n) is 6.95. The molecule has 0 saturated carbocycles. The molecule has 1 aliphatic heterocycles. The lowest BCUT2D eigenvalue weighted by molar-refractivity contribution is 0.181. The Kier molecular flexibility index (Phi) is 6.12. The van der Waals surface area contributed by atoms with Crippen LogP contribution in [0.3, 0.4) is 0 Å². The summed E-state index contributed by atoms with van der Waals surface area (Å²) in [6, 6.07) is 10.8.